The van der Waals surface area contributed by atoms with E-state index in [0.717, 1.165) is 22.0 Å². The fourth-order valence-electron chi connectivity index (χ4n) is 1.05. The summed E-state index contributed by atoms with van der Waals surface area (Å²) in [6.45, 7) is 2.09. The standard InChI is InChI=1S/C9H12OS2/c1-3-6-4-5-7(10-2)9(12)8(6)11/h4-5,11-12H,3H2,1-2H3. The molecule has 1 aromatic carbocycles. The van der Waals surface area contributed by atoms with Gasteiger partial charge in [-0.2, -0.15) is 0 Å². The minimum atomic E-state index is 0.778. The molecule has 0 atom stereocenters. The Morgan fingerprint density at radius 1 is 1.25 bits per heavy atom. The zero-order valence-corrected chi connectivity index (χ0v) is 8.95. The monoisotopic (exact) mass is 200 g/mol. The highest BCUT2D eigenvalue weighted by molar-refractivity contribution is 7.83. The van der Waals surface area contributed by atoms with Gasteiger partial charge in [0.1, 0.15) is 5.75 Å². The highest BCUT2D eigenvalue weighted by Crippen LogP contribution is 2.31. The highest BCUT2D eigenvalue weighted by atomic mass is 32.1. The summed E-state index contributed by atoms with van der Waals surface area (Å²) >= 11 is 8.67. The van der Waals surface area contributed by atoms with Crippen LogP contribution in [0, 0.1) is 0 Å². The normalized spacial score (nSPS) is 10.0. The smallest absolute Gasteiger partial charge is 0.133 e. The molecule has 3 heteroatoms. The van der Waals surface area contributed by atoms with Crippen molar-refractivity contribution in [2.45, 2.75) is 23.1 Å². The lowest BCUT2D eigenvalue weighted by molar-refractivity contribution is 0.402. The molecule has 66 valence electrons. The van der Waals surface area contributed by atoms with Crippen LogP contribution < -0.4 is 4.74 Å². The van der Waals surface area contributed by atoms with Gasteiger partial charge in [-0.05, 0) is 18.1 Å². The van der Waals surface area contributed by atoms with E-state index in [9.17, 15) is 0 Å². The average molecular weight is 200 g/mol. The lowest BCUT2D eigenvalue weighted by Crippen LogP contribution is -1.89. The van der Waals surface area contributed by atoms with Gasteiger partial charge in [0.15, 0.2) is 0 Å². The van der Waals surface area contributed by atoms with E-state index in [2.05, 4.69) is 32.2 Å². The summed E-state index contributed by atoms with van der Waals surface area (Å²) in [5.41, 5.74) is 1.20. The molecule has 1 rings (SSSR count). The molecular weight excluding hydrogens is 188 g/mol. The number of aryl methyl sites for hydroxylation is 1. The Hall–Kier alpha value is -0.280. The van der Waals surface area contributed by atoms with Crippen LogP contribution >= 0.6 is 25.3 Å². The van der Waals surface area contributed by atoms with Crippen molar-refractivity contribution >= 4 is 25.3 Å². The van der Waals surface area contributed by atoms with Gasteiger partial charge >= 0.3 is 0 Å². The van der Waals surface area contributed by atoms with Crippen LogP contribution in [-0.2, 0) is 6.42 Å². The summed E-state index contributed by atoms with van der Waals surface area (Å²) < 4.78 is 5.10. The lowest BCUT2D eigenvalue weighted by Gasteiger charge is -2.09. The number of benzene rings is 1. The van der Waals surface area contributed by atoms with Gasteiger partial charge in [0.05, 0.1) is 12.0 Å². The molecule has 0 heterocycles. The van der Waals surface area contributed by atoms with Crippen molar-refractivity contribution in [3.63, 3.8) is 0 Å². The first-order valence-corrected chi connectivity index (χ1v) is 4.68. The highest BCUT2D eigenvalue weighted by Gasteiger charge is 2.05. The van der Waals surface area contributed by atoms with Crippen molar-refractivity contribution in [2.75, 3.05) is 7.11 Å². The summed E-state index contributed by atoms with van der Waals surface area (Å²) in [5.74, 6) is 0.778. The molecule has 0 amide bonds. The molecule has 0 N–H and O–H groups in total. The molecule has 0 bridgehead atoms. The summed E-state index contributed by atoms with van der Waals surface area (Å²) in [7, 11) is 1.63. The fourth-order valence-corrected chi connectivity index (χ4v) is 1.71. The molecular formula is C9H12OS2. The van der Waals surface area contributed by atoms with E-state index >= 15 is 0 Å². The zero-order valence-electron chi connectivity index (χ0n) is 7.16. The Kier molecular flexibility index (Phi) is 3.35. The predicted molar refractivity (Wildman–Crippen MR) is 56.9 cm³/mol. The Labute approximate surface area is 83.9 Å². The first-order chi connectivity index (χ1) is 5.70. The van der Waals surface area contributed by atoms with Crippen molar-refractivity contribution in [1.29, 1.82) is 0 Å². The van der Waals surface area contributed by atoms with Crippen LogP contribution in [0.4, 0.5) is 0 Å². The summed E-state index contributed by atoms with van der Waals surface area (Å²) in [4.78, 5) is 1.74. The fraction of sp³-hybridized carbons (Fsp3) is 0.333. The molecule has 0 aromatic heterocycles. The molecule has 1 nitrogen and oxygen atoms in total. The minimum Gasteiger partial charge on any atom is -0.496 e. The molecule has 0 aliphatic rings. The van der Waals surface area contributed by atoms with Gasteiger partial charge in [-0.25, -0.2) is 0 Å². The number of methoxy groups -OCH3 is 1. The van der Waals surface area contributed by atoms with Crippen molar-refractivity contribution in [3.8, 4) is 5.75 Å². The van der Waals surface area contributed by atoms with E-state index in [-0.39, 0.29) is 0 Å². The number of hydrogen-bond acceptors (Lipinski definition) is 3. The largest absolute Gasteiger partial charge is 0.496 e. The number of thiol groups is 2. The van der Waals surface area contributed by atoms with E-state index in [0.29, 0.717) is 0 Å². The third-order valence-corrected chi connectivity index (χ3v) is 2.93. The van der Waals surface area contributed by atoms with E-state index in [1.54, 1.807) is 7.11 Å². The van der Waals surface area contributed by atoms with Crippen LogP contribution in [0.3, 0.4) is 0 Å². The van der Waals surface area contributed by atoms with Crippen molar-refractivity contribution < 1.29 is 4.74 Å². The number of ether oxygens (including phenoxy) is 1. The van der Waals surface area contributed by atoms with E-state index in [1.807, 2.05) is 12.1 Å². The molecule has 0 spiro atoms. The second kappa shape index (κ2) is 4.10. The first kappa shape index (κ1) is 9.81. The van der Waals surface area contributed by atoms with Gasteiger partial charge in [-0.1, -0.05) is 13.0 Å². The quantitative estimate of drug-likeness (QED) is 0.698. The number of rotatable bonds is 2. The van der Waals surface area contributed by atoms with E-state index in [4.69, 9.17) is 4.74 Å². The Morgan fingerprint density at radius 2 is 1.92 bits per heavy atom. The molecule has 0 fully saturated rings. The van der Waals surface area contributed by atoms with Gasteiger partial charge < -0.3 is 4.74 Å². The summed E-state index contributed by atoms with van der Waals surface area (Å²) in [6.07, 6.45) is 0.969. The summed E-state index contributed by atoms with van der Waals surface area (Å²) in [6, 6.07) is 3.93. The Balaban J connectivity index is 3.20. The SMILES string of the molecule is CCc1ccc(OC)c(S)c1S. The van der Waals surface area contributed by atoms with Gasteiger partial charge in [0.25, 0.3) is 0 Å². The van der Waals surface area contributed by atoms with Crippen LogP contribution in [-0.4, -0.2) is 7.11 Å². The first-order valence-electron chi connectivity index (χ1n) is 3.78. The maximum absolute atomic E-state index is 5.10. The van der Waals surface area contributed by atoms with Crippen LogP contribution in [0.5, 0.6) is 5.75 Å². The van der Waals surface area contributed by atoms with Crippen LogP contribution in [0.1, 0.15) is 12.5 Å². The average Bonchev–Trinajstić information content (AvgIpc) is 2.10. The minimum absolute atomic E-state index is 0.778. The van der Waals surface area contributed by atoms with Crippen molar-refractivity contribution in [3.05, 3.63) is 17.7 Å². The molecule has 0 aliphatic heterocycles. The van der Waals surface area contributed by atoms with Crippen molar-refractivity contribution in [1.82, 2.24) is 0 Å². The third kappa shape index (κ3) is 1.72. The van der Waals surface area contributed by atoms with Crippen LogP contribution in [0.15, 0.2) is 21.9 Å². The molecule has 0 radical (unpaired) electrons. The van der Waals surface area contributed by atoms with E-state index in [1.165, 1.54) is 5.56 Å². The summed E-state index contributed by atoms with van der Waals surface area (Å²) in [5, 5.41) is 0. The van der Waals surface area contributed by atoms with Crippen LogP contribution in [0.2, 0.25) is 0 Å². The second-order valence-corrected chi connectivity index (χ2v) is 3.37. The predicted octanol–water partition coefficient (Wildman–Crippen LogP) is 2.84. The number of hydrogen-bond donors (Lipinski definition) is 2. The van der Waals surface area contributed by atoms with E-state index < -0.39 is 0 Å². The molecule has 1 aromatic rings. The molecule has 12 heavy (non-hydrogen) atoms. The van der Waals surface area contributed by atoms with Crippen molar-refractivity contribution in [2.24, 2.45) is 0 Å². The second-order valence-electron chi connectivity index (χ2n) is 2.48. The van der Waals surface area contributed by atoms with Gasteiger partial charge in [0, 0.05) is 4.90 Å². The maximum atomic E-state index is 5.10. The molecule has 0 unspecified atom stereocenters. The Morgan fingerprint density at radius 3 is 2.42 bits per heavy atom. The van der Waals surface area contributed by atoms with Gasteiger partial charge in [-0.3, -0.25) is 0 Å². The third-order valence-electron chi connectivity index (χ3n) is 1.80. The molecule has 0 saturated heterocycles. The molecule has 0 saturated carbocycles. The van der Waals surface area contributed by atoms with Gasteiger partial charge in [0.2, 0.25) is 0 Å². The topological polar surface area (TPSA) is 9.23 Å². The zero-order chi connectivity index (χ0) is 9.14. The lowest BCUT2D eigenvalue weighted by atomic mass is 10.1. The molecule has 0 aliphatic carbocycles. The van der Waals surface area contributed by atoms with Crippen LogP contribution in [0.25, 0.3) is 0 Å². The van der Waals surface area contributed by atoms with Gasteiger partial charge in [-0.15, -0.1) is 25.3 Å². The maximum Gasteiger partial charge on any atom is 0.133 e. The Bertz CT molecular complexity index is 255.